The number of carbonyl (C=O) groups is 2. The maximum atomic E-state index is 12.6. The van der Waals surface area contributed by atoms with Gasteiger partial charge in [-0.25, -0.2) is 4.79 Å². The Kier molecular flexibility index (Phi) is 6.88. The summed E-state index contributed by atoms with van der Waals surface area (Å²) in [4.78, 5) is 24.1. The monoisotopic (exact) mass is 428 g/mol. The minimum Gasteiger partial charge on any atom is -0.488 e. The van der Waals surface area contributed by atoms with Crippen LogP contribution < -0.4 is 9.47 Å². The quantitative estimate of drug-likeness (QED) is 0.213. The molecule has 164 valence electrons. The molecule has 3 aromatic carbocycles. The van der Waals surface area contributed by atoms with Crippen LogP contribution in [0.5, 0.6) is 11.5 Å². The minimum atomic E-state index is -0.486. The molecule has 0 atom stereocenters. The fourth-order valence-electron chi connectivity index (χ4n) is 3.28. The summed E-state index contributed by atoms with van der Waals surface area (Å²) >= 11 is 0. The molecule has 0 N–H and O–H groups in total. The maximum Gasteiger partial charge on any atom is 0.343 e. The van der Waals surface area contributed by atoms with Crippen molar-refractivity contribution in [3.8, 4) is 22.6 Å². The maximum absolute atomic E-state index is 12.6. The Morgan fingerprint density at radius 2 is 1.41 bits per heavy atom. The summed E-state index contributed by atoms with van der Waals surface area (Å²) in [5.41, 5.74) is 4.65. The van der Waals surface area contributed by atoms with Crippen molar-refractivity contribution in [2.24, 2.45) is 0 Å². The normalized spacial score (nSPS) is 11.2. The lowest BCUT2D eigenvalue weighted by Gasteiger charge is -2.26. The first kappa shape index (κ1) is 23.3. The van der Waals surface area contributed by atoms with Gasteiger partial charge in [0.25, 0.3) is 0 Å². The van der Waals surface area contributed by atoms with Crippen LogP contribution in [0, 0.1) is 13.8 Å². The lowest BCUT2D eigenvalue weighted by atomic mass is 9.90. The highest BCUT2D eigenvalue weighted by Gasteiger charge is 2.18. The summed E-state index contributed by atoms with van der Waals surface area (Å²) in [6.45, 7) is 9.59. The number of hydrogen-bond acceptors (Lipinski definition) is 4. The number of hydrogen-bond donors (Lipinski definition) is 0. The Labute approximate surface area is 191 Å². The molecular formula is C27H29BO4. The number of Topliss-reactive ketones (excluding diaryl/α,β-unsaturated/α-hetero) is 1. The van der Waals surface area contributed by atoms with Gasteiger partial charge in [0.1, 0.15) is 19.3 Å². The molecule has 0 aliphatic heterocycles. The second kappa shape index (κ2) is 9.43. The van der Waals surface area contributed by atoms with Crippen LogP contribution in [0.25, 0.3) is 11.1 Å². The molecule has 0 spiro atoms. The van der Waals surface area contributed by atoms with Gasteiger partial charge in [0, 0.05) is 5.56 Å². The molecule has 0 unspecified atom stereocenters. The van der Waals surface area contributed by atoms with Crippen LogP contribution in [0.4, 0.5) is 0 Å². The predicted molar refractivity (Wildman–Crippen MR) is 131 cm³/mol. The van der Waals surface area contributed by atoms with Gasteiger partial charge >= 0.3 is 5.97 Å². The molecule has 5 heteroatoms. The molecule has 0 saturated carbocycles. The first-order valence-electron chi connectivity index (χ1n) is 10.8. The van der Waals surface area contributed by atoms with Crippen LogP contribution in [0.1, 0.15) is 52.6 Å². The van der Waals surface area contributed by atoms with Crippen LogP contribution in [-0.4, -0.2) is 25.2 Å². The van der Waals surface area contributed by atoms with Crippen molar-refractivity contribution in [3.05, 3.63) is 82.9 Å². The average Bonchev–Trinajstić information content (AvgIpc) is 2.76. The van der Waals surface area contributed by atoms with Gasteiger partial charge in [-0.1, -0.05) is 24.3 Å². The minimum absolute atomic E-state index is 0.0925. The highest BCUT2D eigenvalue weighted by atomic mass is 16.5. The highest BCUT2D eigenvalue weighted by molar-refractivity contribution is 6.09. The SMILES string of the molecule is BCC(C)(C)Oc1ccc(-c2ccc(OC(=O)c3cccc(C(C)=O)c3)c(C)c2)cc1C. The third kappa shape index (κ3) is 5.47. The third-order valence-corrected chi connectivity index (χ3v) is 5.63. The number of aryl methyl sites for hydroxylation is 2. The molecule has 32 heavy (non-hydrogen) atoms. The van der Waals surface area contributed by atoms with E-state index in [-0.39, 0.29) is 11.4 Å². The predicted octanol–water partition coefficient (Wildman–Crippen LogP) is 5.60. The molecule has 0 saturated heterocycles. The topological polar surface area (TPSA) is 52.6 Å². The van der Waals surface area contributed by atoms with E-state index in [2.05, 4.69) is 27.8 Å². The van der Waals surface area contributed by atoms with Crippen LogP contribution in [0.3, 0.4) is 0 Å². The van der Waals surface area contributed by atoms with Crippen LogP contribution >= 0.6 is 0 Å². The van der Waals surface area contributed by atoms with Gasteiger partial charge in [0.05, 0.1) is 11.2 Å². The summed E-state index contributed by atoms with van der Waals surface area (Å²) in [6.07, 6.45) is 0.923. The molecule has 3 rings (SSSR count). The molecule has 0 bridgehead atoms. The summed E-state index contributed by atoms with van der Waals surface area (Å²) in [7, 11) is 2.11. The van der Waals surface area contributed by atoms with Gasteiger partial charge in [-0.3, -0.25) is 4.79 Å². The van der Waals surface area contributed by atoms with Gasteiger partial charge in [0.15, 0.2) is 5.78 Å². The zero-order valence-electron chi connectivity index (χ0n) is 19.6. The molecule has 0 radical (unpaired) electrons. The molecule has 0 aliphatic rings. The standard InChI is InChI=1S/C27H29BO4/c1-17-13-21(22-10-12-25(18(2)14-22)32-27(4,5)16-28)9-11-24(17)31-26(30)23-8-6-7-20(15-23)19(3)29/h6-15H,16,28H2,1-5H3. The number of rotatable bonds is 7. The van der Waals surface area contributed by atoms with Crippen molar-refractivity contribution < 1.29 is 19.1 Å². The van der Waals surface area contributed by atoms with Gasteiger partial charge in [-0.05, 0) is 99.6 Å². The second-order valence-corrected chi connectivity index (χ2v) is 8.70. The molecule has 4 nitrogen and oxygen atoms in total. The van der Waals surface area contributed by atoms with E-state index in [1.165, 1.54) is 6.92 Å². The van der Waals surface area contributed by atoms with Gasteiger partial charge in [-0.2, -0.15) is 0 Å². The smallest absolute Gasteiger partial charge is 0.343 e. The number of esters is 1. The summed E-state index contributed by atoms with van der Waals surface area (Å²) in [5, 5.41) is 0. The third-order valence-electron chi connectivity index (χ3n) is 5.63. The van der Waals surface area contributed by atoms with E-state index in [1.54, 1.807) is 30.3 Å². The van der Waals surface area contributed by atoms with Gasteiger partial charge in [0.2, 0.25) is 0 Å². The van der Waals surface area contributed by atoms with E-state index in [0.29, 0.717) is 16.9 Å². The van der Waals surface area contributed by atoms with E-state index in [0.717, 1.165) is 34.3 Å². The van der Waals surface area contributed by atoms with E-state index < -0.39 is 5.97 Å². The number of ether oxygens (including phenoxy) is 2. The summed E-state index contributed by atoms with van der Waals surface area (Å²) in [5.74, 6) is 0.800. The van der Waals surface area contributed by atoms with E-state index in [9.17, 15) is 9.59 Å². The lowest BCUT2D eigenvalue weighted by Crippen LogP contribution is -2.27. The van der Waals surface area contributed by atoms with E-state index in [4.69, 9.17) is 9.47 Å². The Bertz CT molecular complexity index is 1160. The first-order chi connectivity index (χ1) is 15.1. The van der Waals surface area contributed by atoms with Gasteiger partial charge in [-0.15, -0.1) is 0 Å². The Hall–Kier alpha value is -3.34. The Morgan fingerprint density at radius 1 is 0.844 bits per heavy atom. The van der Waals surface area contributed by atoms with E-state index in [1.807, 2.05) is 38.1 Å². The van der Waals surface area contributed by atoms with Crippen molar-refractivity contribution in [2.45, 2.75) is 46.5 Å². The largest absolute Gasteiger partial charge is 0.488 e. The first-order valence-corrected chi connectivity index (χ1v) is 10.8. The number of ketones is 1. The number of benzene rings is 3. The molecule has 0 fully saturated rings. The van der Waals surface area contributed by atoms with E-state index >= 15 is 0 Å². The molecule has 0 heterocycles. The molecule has 0 amide bonds. The van der Waals surface area contributed by atoms with Crippen molar-refractivity contribution in [1.29, 1.82) is 0 Å². The van der Waals surface area contributed by atoms with Crippen LogP contribution in [0.2, 0.25) is 6.32 Å². The van der Waals surface area contributed by atoms with Gasteiger partial charge < -0.3 is 9.47 Å². The van der Waals surface area contributed by atoms with Crippen LogP contribution in [0.15, 0.2) is 60.7 Å². The molecule has 3 aromatic rings. The fraction of sp³-hybridized carbons (Fsp3) is 0.259. The second-order valence-electron chi connectivity index (χ2n) is 8.70. The summed E-state index contributed by atoms with van der Waals surface area (Å²) in [6, 6.07) is 18.5. The average molecular weight is 428 g/mol. The lowest BCUT2D eigenvalue weighted by molar-refractivity contribution is 0.0733. The van der Waals surface area contributed by atoms with Crippen LogP contribution in [-0.2, 0) is 0 Å². The van der Waals surface area contributed by atoms with Crippen molar-refractivity contribution in [1.82, 2.24) is 0 Å². The molecular weight excluding hydrogens is 399 g/mol. The van der Waals surface area contributed by atoms with Crippen molar-refractivity contribution >= 4 is 19.6 Å². The Balaban J connectivity index is 1.79. The summed E-state index contributed by atoms with van der Waals surface area (Å²) < 4.78 is 11.7. The highest BCUT2D eigenvalue weighted by Crippen LogP contribution is 2.31. The molecule has 0 aliphatic carbocycles. The fourth-order valence-corrected chi connectivity index (χ4v) is 3.28. The molecule has 0 aromatic heterocycles. The zero-order valence-corrected chi connectivity index (χ0v) is 19.6. The Morgan fingerprint density at radius 3 is 1.94 bits per heavy atom. The zero-order chi connectivity index (χ0) is 23.5. The van der Waals surface area contributed by atoms with Crippen molar-refractivity contribution in [2.75, 3.05) is 0 Å². The van der Waals surface area contributed by atoms with Crippen molar-refractivity contribution in [3.63, 3.8) is 0 Å². The number of carbonyl (C=O) groups excluding carboxylic acids is 2.